The number of benzene rings is 3. The molecule has 0 bridgehead atoms. The van der Waals surface area contributed by atoms with Crippen molar-refractivity contribution in [2.45, 2.75) is 11.5 Å². The molecule has 10 heteroatoms. The van der Waals surface area contributed by atoms with Crippen molar-refractivity contribution in [3.8, 4) is 11.8 Å². The Morgan fingerprint density at radius 1 is 1.12 bits per heavy atom. The van der Waals surface area contributed by atoms with Crippen LogP contribution in [0.15, 0.2) is 71.6 Å². The summed E-state index contributed by atoms with van der Waals surface area (Å²) >= 11 is 6.04. The van der Waals surface area contributed by atoms with E-state index in [2.05, 4.69) is 11.4 Å². The maximum absolute atomic E-state index is 12.7. The topological polar surface area (TPSA) is 109 Å². The van der Waals surface area contributed by atoms with Gasteiger partial charge in [0.2, 0.25) is 0 Å². The van der Waals surface area contributed by atoms with Gasteiger partial charge in [0.25, 0.3) is 15.9 Å². The minimum atomic E-state index is -4.04. The van der Waals surface area contributed by atoms with Gasteiger partial charge in [-0.25, -0.2) is 8.42 Å². The van der Waals surface area contributed by atoms with E-state index in [-0.39, 0.29) is 22.1 Å². The van der Waals surface area contributed by atoms with E-state index in [0.717, 1.165) is 5.56 Å². The van der Waals surface area contributed by atoms with Gasteiger partial charge in [-0.3, -0.25) is 9.63 Å². The second-order valence-electron chi connectivity index (χ2n) is 6.83. The first-order valence-electron chi connectivity index (χ1n) is 9.60. The molecule has 0 fully saturated rings. The highest BCUT2D eigenvalue weighted by Gasteiger charge is 2.25. The van der Waals surface area contributed by atoms with Crippen molar-refractivity contribution in [3.05, 3.63) is 88.4 Å². The minimum absolute atomic E-state index is 0.0358. The highest BCUT2D eigenvalue weighted by atomic mass is 35.5. The molecule has 0 aromatic heterocycles. The molecule has 3 aromatic carbocycles. The number of nitrogens with one attached hydrogen (secondary N) is 1. The van der Waals surface area contributed by atoms with E-state index in [1.165, 1.54) is 32.4 Å². The summed E-state index contributed by atoms with van der Waals surface area (Å²) in [6, 6.07) is 19.8. The number of hydroxylamine groups is 1. The second kappa shape index (κ2) is 10.5. The standard InChI is InChI=1S/C23H20ClN3O5S/c1-27(31-2)33(29,30)22-12-18(9-10-21(22)24)23(28)26-19-7-4-8-20(13-19)32-15-17-6-3-5-16(11-17)14-25/h3-13H,15H2,1-2H3,(H,26,28). The van der Waals surface area contributed by atoms with Crippen LogP contribution < -0.4 is 10.1 Å². The summed E-state index contributed by atoms with van der Waals surface area (Å²) in [7, 11) is -1.61. The SMILES string of the molecule is CON(C)S(=O)(=O)c1cc(C(=O)Nc2cccc(OCc3cccc(C#N)c3)c2)ccc1Cl. The predicted molar refractivity (Wildman–Crippen MR) is 123 cm³/mol. The van der Waals surface area contributed by atoms with E-state index >= 15 is 0 Å². The maximum Gasteiger partial charge on any atom is 0.266 e. The Bertz CT molecular complexity index is 1320. The summed E-state index contributed by atoms with van der Waals surface area (Å²) in [6.07, 6.45) is 0. The smallest absolute Gasteiger partial charge is 0.266 e. The van der Waals surface area contributed by atoms with Gasteiger partial charge in [0.15, 0.2) is 0 Å². The van der Waals surface area contributed by atoms with Gasteiger partial charge in [-0.1, -0.05) is 34.3 Å². The van der Waals surface area contributed by atoms with Crippen LogP contribution in [-0.4, -0.2) is 33.0 Å². The lowest BCUT2D eigenvalue weighted by molar-refractivity contribution is -0.0258. The summed E-state index contributed by atoms with van der Waals surface area (Å²) in [5, 5.41) is 11.7. The molecule has 170 valence electrons. The monoisotopic (exact) mass is 485 g/mol. The Hall–Kier alpha value is -3.42. The van der Waals surface area contributed by atoms with Crippen molar-refractivity contribution in [2.24, 2.45) is 0 Å². The lowest BCUT2D eigenvalue weighted by Gasteiger charge is -2.16. The summed E-state index contributed by atoms with van der Waals surface area (Å²) in [4.78, 5) is 17.2. The Morgan fingerprint density at radius 2 is 1.88 bits per heavy atom. The molecule has 33 heavy (non-hydrogen) atoms. The van der Waals surface area contributed by atoms with Crippen LogP contribution in [0.3, 0.4) is 0 Å². The van der Waals surface area contributed by atoms with Gasteiger partial charge in [-0.05, 0) is 48.0 Å². The first-order valence-corrected chi connectivity index (χ1v) is 11.4. The zero-order valence-electron chi connectivity index (χ0n) is 17.8. The van der Waals surface area contributed by atoms with Crippen LogP contribution in [0.4, 0.5) is 5.69 Å². The highest BCUT2D eigenvalue weighted by Crippen LogP contribution is 2.26. The molecule has 0 heterocycles. The molecule has 0 atom stereocenters. The van der Waals surface area contributed by atoms with Gasteiger partial charge in [0, 0.05) is 24.4 Å². The number of hydrogen-bond donors (Lipinski definition) is 1. The van der Waals surface area contributed by atoms with Crippen molar-refractivity contribution < 1.29 is 22.8 Å². The zero-order valence-corrected chi connectivity index (χ0v) is 19.4. The molecule has 8 nitrogen and oxygen atoms in total. The lowest BCUT2D eigenvalue weighted by Crippen LogP contribution is -2.26. The number of halogens is 1. The first kappa shape index (κ1) is 24.2. The molecule has 1 N–H and O–H groups in total. The van der Waals surface area contributed by atoms with Crippen LogP contribution in [0.5, 0.6) is 5.75 Å². The predicted octanol–water partition coefficient (Wildman–Crippen LogP) is 4.22. The van der Waals surface area contributed by atoms with Crippen LogP contribution in [-0.2, 0) is 21.5 Å². The van der Waals surface area contributed by atoms with Crippen LogP contribution in [0, 0.1) is 11.3 Å². The molecule has 0 aliphatic heterocycles. The molecular formula is C23H20ClN3O5S. The number of nitrogens with zero attached hydrogens (tertiary/aromatic N) is 2. The van der Waals surface area contributed by atoms with Crippen LogP contribution in [0.2, 0.25) is 5.02 Å². The number of hydrogen-bond acceptors (Lipinski definition) is 6. The molecule has 0 saturated heterocycles. The molecule has 0 aliphatic carbocycles. The third-order valence-electron chi connectivity index (χ3n) is 4.62. The van der Waals surface area contributed by atoms with Gasteiger partial charge >= 0.3 is 0 Å². The maximum atomic E-state index is 12.7. The molecule has 3 rings (SSSR count). The Balaban J connectivity index is 1.74. The van der Waals surface area contributed by atoms with E-state index in [1.54, 1.807) is 42.5 Å². The number of anilines is 1. The van der Waals surface area contributed by atoms with E-state index in [1.807, 2.05) is 6.07 Å². The van der Waals surface area contributed by atoms with Gasteiger partial charge < -0.3 is 10.1 Å². The highest BCUT2D eigenvalue weighted by molar-refractivity contribution is 7.89. The number of carbonyl (C=O) groups excluding carboxylic acids is 1. The summed E-state index contributed by atoms with van der Waals surface area (Å²) < 4.78 is 31.5. The number of ether oxygens (including phenoxy) is 1. The quantitative estimate of drug-likeness (QED) is 0.478. The summed E-state index contributed by atoms with van der Waals surface area (Å²) in [5.41, 5.74) is 1.93. The molecule has 0 radical (unpaired) electrons. The first-order chi connectivity index (χ1) is 15.7. The zero-order chi connectivity index (χ0) is 24.0. The normalized spacial score (nSPS) is 11.1. The Labute approximate surface area is 196 Å². The summed E-state index contributed by atoms with van der Waals surface area (Å²) in [5.74, 6) is -0.0155. The van der Waals surface area contributed by atoms with E-state index in [4.69, 9.17) is 26.4 Å². The number of rotatable bonds is 8. The number of sulfonamides is 1. The molecule has 0 aliphatic rings. The van der Waals surface area contributed by atoms with E-state index < -0.39 is 15.9 Å². The van der Waals surface area contributed by atoms with Gasteiger partial charge in [-0.15, -0.1) is 0 Å². The van der Waals surface area contributed by atoms with Crippen molar-refractivity contribution in [2.75, 3.05) is 19.5 Å². The second-order valence-corrected chi connectivity index (χ2v) is 9.14. The molecular weight excluding hydrogens is 466 g/mol. The average molecular weight is 486 g/mol. The third kappa shape index (κ3) is 5.88. The lowest BCUT2D eigenvalue weighted by atomic mass is 10.1. The minimum Gasteiger partial charge on any atom is -0.489 e. The van der Waals surface area contributed by atoms with Gasteiger partial charge in [-0.2, -0.15) is 5.26 Å². The molecule has 1 amide bonds. The van der Waals surface area contributed by atoms with Crippen LogP contribution in [0.25, 0.3) is 0 Å². The molecule has 0 spiro atoms. The number of amides is 1. The van der Waals surface area contributed by atoms with E-state index in [0.29, 0.717) is 21.5 Å². The van der Waals surface area contributed by atoms with Crippen LogP contribution in [0.1, 0.15) is 21.5 Å². The Kier molecular flexibility index (Phi) is 7.68. The van der Waals surface area contributed by atoms with E-state index in [9.17, 15) is 13.2 Å². The molecule has 3 aromatic rings. The van der Waals surface area contributed by atoms with Crippen molar-refractivity contribution in [1.82, 2.24) is 4.47 Å². The van der Waals surface area contributed by atoms with Crippen molar-refractivity contribution in [1.29, 1.82) is 5.26 Å². The third-order valence-corrected chi connectivity index (χ3v) is 6.78. The molecule has 0 unspecified atom stereocenters. The largest absolute Gasteiger partial charge is 0.489 e. The van der Waals surface area contributed by atoms with Gasteiger partial charge in [0.05, 0.1) is 23.8 Å². The number of carbonyl (C=O) groups is 1. The number of nitriles is 1. The van der Waals surface area contributed by atoms with Crippen molar-refractivity contribution in [3.63, 3.8) is 0 Å². The fourth-order valence-electron chi connectivity index (χ4n) is 2.84. The Morgan fingerprint density at radius 3 is 2.61 bits per heavy atom. The summed E-state index contributed by atoms with van der Waals surface area (Å²) in [6.45, 7) is 0.248. The fourth-order valence-corrected chi connectivity index (χ4v) is 4.32. The fraction of sp³-hybridized carbons (Fsp3) is 0.130. The average Bonchev–Trinajstić information content (AvgIpc) is 2.82. The van der Waals surface area contributed by atoms with Crippen LogP contribution >= 0.6 is 11.6 Å². The van der Waals surface area contributed by atoms with Gasteiger partial charge in [0.1, 0.15) is 17.3 Å². The molecule has 0 saturated carbocycles. The van der Waals surface area contributed by atoms with Crippen molar-refractivity contribution >= 4 is 33.2 Å².